The highest BCUT2D eigenvalue weighted by molar-refractivity contribution is 14.1. The van der Waals surface area contributed by atoms with E-state index in [4.69, 9.17) is 0 Å². The predicted octanol–water partition coefficient (Wildman–Crippen LogP) is 4.93. The Morgan fingerprint density at radius 3 is 1.65 bits per heavy atom. The second-order valence-corrected chi connectivity index (χ2v) is 6.24. The van der Waals surface area contributed by atoms with Crippen molar-refractivity contribution >= 4 is 22.6 Å². The van der Waals surface area contributed by atoms with Crippen LogP contribution >= 0.6 is 22.6 Å². The van der Waals surface area contributed by atoms with Gasteiger partial charge in [-0.25, -0.2) is 0 Å². The molecule has 17 heavy (non-hydrogen) atoms. The van der Waals surface area contributed by atoms with Gasteiger partial charge < -0.3 is 0 Å². The number of hydrogen-bond acceptors (Lipinski definition) is 0. The molecule has 0 saturated heterocycles. The highest BCUT2D eigenvalue weighted by Crippen LogP contribution is 2.31. The molecule has 0 fully saturated rings. The van der Waals surface area contributed by atoms with Gasteiger partial charge in [0.1, 0.15) is 0 Å². The summed E-state index contributed by atoms with van der Waals surface area (Å²) in [6.45, 7) is 6.68. The number of hydrogen-bond donors (Lipinski definition) is 0. The van der Waals surface area contributed by atoms with Crippen molar-refractivity contribution in [2.75, 3.05) is 0 Å². The molecule has 0 heterocycles. The van der Waals surface area contributed by atoms with Gasteiger partial charge in [0.25, 0.3) is 0 Å². The number of halogens is 1. The summed E-state index contributed by atoms with van der Waals surface area (Å²) >= 11 is 2.34. The lowest BCUT2D eigenvalue weighted by Crippen LogP contribution is -2.18. The molecule has 0 atom stereocenters. The quantitative estimate of drug-likeness (QED) is 0.683. The van der Waals surface area contributed by atoms with Crippen LogP contribution in [0.5, 0.6) is 0 Å². The molecular formula is C16H17I. The van der Waals surface area contributed by atoms with Gasteiger partial charge in [0.15, 0.2) is 0 Å². The molecule has 2 aromatic carbocycles. The molecule has 0 unspecified atom stereocenters. The minimum Gasteiger partial charge on any atom is -0.0590 e. The minimum absolute atomic E-state index is 0.0675. The lowest BCUT2D eigenvalue weighted by atomic mass is 9.78. The van der Waals surface area contributed by atoms with Crippen LogP contribution in [0.2, 0.25) is 0 Å². The van der Waals surface area contributed by atoms with Crippen LogP contribution in [-0.4, -0.2) is 0 Å². The van der Waals surface area contributed by atoms with Gasteiger partial charge >= 0.3 is 0 Å². The summed E-state index contributed by atoms with van der Waals surface area (Å²) in [5.41, 5.74) is 4.11. The normalized spacial score (nSPS) is 11.5. The molecular weight excluding hydrogens is 319 g/mol. The Morgan fingerprint density at radius 2 is 1.18 bits per heavy atom. The van der Waals surface area contributed by atoms with E-state index < -0.39 is 0 Å². The first-order chi connectivity index (χ1) is 8.00. The fourth-order valence-corrected chi connectivity index (χ4v) is 2.36. The first-order valence-electron chi connectivity index (χ1n) is 5.83. The van der Waals surface area contributed by atoms with E-state index in [0.717, 1.165) is 0 Å². The van der Waals surface area contributed by atoms with Crippen molar-refractivity contribution < 1.29 is 0 Å². The molecule has 0 saturated carbocycles. The lowest BCUT2D eigenvalue weighted by Gasteiger charge is -2.26. The van der Waals surface area contributed by atoms with Crippen LogP contribution in [-0.2, 0) is 5.41 Å². The first-order valence-corrected chi connectivity index (χ1v) is 6.91. The van der Waals surface area contributed by atoms with Gasteiger partial charge in [-0.05, 0) is 52.8 Å². The topological polar surface area (TPSA) is 0 Å². The van der Waals surface area contributed by atoms with E-state index in [1.165, 1.54) is 20.3 Å². The van der Waals surface area contributed by atoms with Crippen molar-refractivity contribution in [2.24, 2.45) is 0 Å². The zero-order valence-electron chi connectivity index (χ0n) is 10.5. The van der Waals surface area contributed by atoms with Gasteiger partial charge in [-0.1, -0.05) is 55.8 Å². The molecule has 88 valence electrons. The summed E-state index contributed by atoms with van der Waals surface area (Å²) in [6.07, 6.45) is 0. The Hall–Kier alpha value is -0.830. The Bertz CT molecular complexity index is 445. The van der Waals surface area contributed by atoms with Gasteiger partial charge in [-0.2, -0.15) is 0 Å². The average Bonchev–Trinajstić information content (AvgIpc) is 2.30. The van der Waals surface area contributed by atoms with Crippen molar-refractivity contribution in [1.29, 1.82) is 0 Å². The van der Waals surface area contributed by atoms with E-state index in [9.17, 15) is 0 Å². The summed E-state index contributed by atoms with van der Waals surface area (Å²) in [5, 5.41) is 0. The maximum atomic E-state index is 2.34. The van der Waals surface area contributed by atoms with Gasteiger partial charge in [-0.3, -0.25) is 0 Å². The third-order valence-corrected chi connectivity index (χ3v) is 4.06. The molecule has 2 rings (SSSR count). The van der Waals surface area contributed by atoms with E-state index in [2.05, 4.69) is 91.9 Å². The van der Waals surface area contributed by atoms with Crippen molar-refractivity contribution in [3.8, 4) is 0 Å². The van der Waals surface area contributed by atoms with Crippen LogP contribution < -0.4 is 0 Å². The van der Waals surface area contributed by atoms with Crippen molar-refractivity contribution in [3.05, 3.63) is 68.8 Å². The summed E-state index contributed by atoms with van der Waals surface area (Å²) in [4.78, 5) is 0. The molecule has 1 heteroatoms. The second-order valence-electron chi connectivity index (χ2n) is 5.00. The van der Waals surface area contributed by atoms with Crippen LogP contribution in [0.3, 0.4) is 0 Å². The molecule has 0 radical (unpaired) electrons. The van der Waals surface area contributed by atoms with Crippen LogP contribution in [0.1, 0.15) is 30.5 Å². The zero-order chi connectivity index (χ0) is 12.5. The van der Waals surface area contributed by atoms with Crippen molar-refractivity contribution in [1.82, 2.24) is 0 Å². The van der Waals surface area contributed by atoms with Crippen LogP contribution in [0, 0.1) is 10.5 Å². The summed E-state index contributed by atoms with van der Waals surface area (Å²) < 4.78 is 1.28. The van der Waals surface area contributed by atoms with Gasteiger partial charge in [0.05, 0.1) is 0 Å². The van der Waals surface area contributed by atoms with Crippen molar-refractivity contribution in [3.63, 3.8) is 0 Å². The highest BCUT2D eigenvalue weighted by atomic mass is 127. The van der Waals surface area contributed by atoms with Crippen molar-refractivity contribution in [2.45, 2.75) is 26.2 Å². The van der Waals surface area contributed by atoms with Gasteiger partial charge in [0.2, 0.25) is 0 Å². The monoisotopic (exact) mass is 336 g/mol. The molecule has 0 bridgehead atoms. The lowest BCUT2D eigenvalue weighted by molar-refractivity contribution is 0.640. The first kappa shape index (κ1) is 12.6. The Morgan fingerprint density at radius 1 is 0.765 bits per heavy atom. The summed E-state index contributed by atoms with van der Waals surface area (Å²) in [5.74, 6) is 0. The van der Waals surface area contributed by atoms with Gasteiger partial charge in [-0.15, -0.1) is 0 Å². The highest BCUT2D eigenvalue weighted by Gasteiger charge is 2.22. The van der Waals surface area contributed by atoms with E-state index >= 15 is 0 Å². The largest absolute Gasteiger partial charge is 0.0590 e. The molecule has 0 N–H and O–H groups in total. The van der Waals surface area contributed by atoms with E-state index in [-0.39, 0.29) is 5.41 Å². The third kappa shape index (κ3) is 2.71. The third-order valence-electron chi connectivity index (χ3n) is 3.34. The fraction of sp³-hybridized carbons (Fsp3) is 0.250. The second kappa shape index (κ2) is 4.81. The smallest absolute Gasteiger partial charge is 0.0146 e. The molecule has 0 aliphatic rings. The molecule has 0 aliphatic carbocycles. The number of benzene rings is 2. The maximum Gasteiger partial charge on any atom is 0.0146 e. The number of rotatable bonds is 2. The number of aryl methyl sites for hydroxylation is 1. The Kier molecular flexibility index (Phi) is 3.57. The van der Waals surface area contributed by atoms with E-state index in [1.807, 2.05) is 0 Å². The van der Waals surface area contributed by atoms with E-state index in [1.54, 1.807) is 0 Å². The Labute approximate surface area is 117 Å². The van der Waals surface area contributed by atoms with Crippen LogP contribution in [0.25, 0.3) is 0 Å². The SMILES string of the molecule is Cc1ccc(C(C)(C)c2ccc(I)cc2)cc1. The predicted molar refractivity (Wildman–Crippen MR) is 82.5 cm³/mol. The molecule has 0 spiro atoms. The fourth-order valence-electron chi connectivity index (χ4n) is 2.00. The molecule has 0 aromatic heterocycles. The minimum atomic E-state index is 0.0675. The Balaban J connectivity index is 2.41. The summed E-state index contributed by atoms with van der Waals surface area (Å²) in [6, 6.07) is 17.6. The zero-order valence-corrected chi connectivity index (χ0v) is 12.7. The van der Waals surface area contributed by atoms with Crippen LogP contribution in [0.15, 0.2) is 48.5 Å². The standard InChI is InChI=1S/C16H17I/c1-12-4-6-13(7-5-12)16(2,3)14-8-10-15(17)11-9-14/h4-11H,1-3H3. The van der Waals surface area contributed by atoms with Crippen LogP contribution in [0.4, 0.5) is 0 Å². The molecule has 0 amide bonds. The maximum absolute atomic E-state index is 2.34. The average molecular weight is 336 g/mol. The molecule has 2 aromatic rings. The summed E-state index contributed by atoms with van der Waals surface area (Å²) in [7, 11) is 0. The van der Waals surface area contributed by atoms with E-state index in [0.29, 0.717) is 0 Å². The molecule has 0 nitrogen and oxygen atoms in total. The van der Waals surface area contributed by atoms with Gasteiger partial charge in [0, 0.05) is 8.99 Å². The molecule has 0 aliphatic heterocycles.